The highest BCUT2D eigenvalue weighted by atomic mass is 32.2. The third-order valence-electron chi connectivity index (χ3n) is 5.50. The van der Waals surface area contributed by atoms with Gasteiger partial charge >= 0.3 is 0 Å². The van der Waals surface area contributed by atoms with Crippen molar-refractivity contribution in [1.82, 2.24) is 9.66 Å². The number of anilines is 1. The summed E-state index contributed by atoms with van der Waals surface area (Å²) in [5.41, 5.74) is 5.66. The van der Waals surface area contributed by atoms with E-state index in [1.165, 1.54) is 41.9 Å². The van der Waals surface area contributed by atoms with Gasteiger partial charge < -0.3 is 0 Å². The molecule has 0 spiro atoms. The van der Waals surface area contributed by atoms with E-state index in [9.17, 15) is 18.0 Å². The van der Waals surface area contributed by atoms with Gasteiger partial charge in [-0.25, -0.2) is 18.1 Å². The van der Waals surface area contributed by atoms with Crippen LogP contribution < -0.4 is 15.7 Å². The molecule has 4 aromatic rings. The minimum Gasteiger partial charge on any atom is -0.280 e. The lowest BCUT2D eigenvalue weighted by atomic mass is 10.1. The molecular weight excluding hydrogens is 460 g/mol. The van der Waals surface area contributed by atoms with Crippen LogP contribution in [0.15, 0.2) is 58.5 Å². The maximum atomic E-state index is 12.8. The molecule has 2 N–H and O–H groups in total. The lowest BCUT2D eigenvalue weighted by Gasteiger charge is -2.11. The van der Waals surface area contributed by atoms with Crippen molar-refractivity contribution in [1.29, 1.82) is 0 Å². The smallest absolute Gasteiger partial charge is 0.280 e. The van der Waals surface area contributed by atoms with Gasteiger partial charge in [0.05, 0.1) is 10.3 Å². The number of hydrogen-bond donors (Lipinski definition) is 2. The van der Waals surface area contributed by atoms with Crippen molar-refractivity contribution in [3.05, 3.63) is 86.3 Å². The van der Waals surface area contributed by atoms with Crippen LogP contribution in [0.1, 0.15) is 31.9 Å². The molecule has 0 aliphatic rings. The monoisotopic (exact) mass is 482 g/mol. The molecule has 0 saturated heterocycles. The van der Waals surface area contributed by atoms with E-state index in [0.717, 1.165) is 26.2 Å². The zero-order valence-electron chi connectivity index (χ0n) is 18.5. The lowest BCUT2D eigenvalue weighted by molar-refractivity contribution is 0.101. The van der Waals surface area contributed by atoms with E-state index < -0.39 is 15.9 Å². The largest absolute Gasteiger partial charge is 0.281 e. The molecule has 0 aliphatic carbocycles. The Morgan fingerprint density at radius 1 is 1.00 bits per heavy atom. The van der Waals surface area contributed by atoms with Crippen LogP contribution in [0.5, 0.6) is 0 Å². The Kier molecular flexibility index (Phi) is 5.81. The van der Waals surface area contributed by atoms with Gasteiger partial charge in [0, 0.05) is 16.1 Å². The number of amides is 1. The highest BCUT2D eigenvalue weighted by molar-refractivity contribution is 7.92. The van der Waals surface area contributed by atoms with Crippen LogP contribution in [0.4, 0.5) is 5.69 Å². The number of carbonyl (C=O) groups is 1. The number of hydrogen-bond acceptors (Lipinski definition) is 6. The standard InChI is InChI=1S/C23H22N4O4S2/c1-13-5-8-18(11-14(13)2)26-33(30,31)19-9-6-17(7-10-19)21(28)25-27-12-24-22-20(23(27)29)15(3)16(4)32-22/h5-12,26H,1-4H3,(H,25,28). The highest BCUT2D eigenvalue weighted by Gasteiger charge is 2.17. The molecule has 0 fully saturated rings. The fourth-order valence-electron chi connectivity index (χ4n) is 3.29. The average Bonchev–Trinajstić information content (AvgIpc) is 3.07. The topological polar surface area (TPSA) is 110 Å². The lowest BCUT2D eigenvalue weighted by Crippen LogP contribution is -2.33. The second kappa shape index (κ2) is 8.45. The van der Waals surface area contributed by atoms with E-state index in [1.807, 2.05) is 33.8 Å². The molecule has 0 bridgehead atoms. The number of fused-ring (bicyclic) bond motifs is 1. The number of nitrogens with zero attached hydrogens (tertiary/aromatic N) is 2. The molecule has 170 valence electrons. The van der Waals surface area contributed by atoms with Crippen molar-refractivity contribution in [2.45, 2.75) is 32.6 Å². The third kappa shape index (κ3) is 4.39. The number of aryl methyl sites for hydroxylation is 4. The van der Waals surface area contributed by atoms with Crippen LogP contribution in [0.2, 0.25) is 0 Å². The Morgan fingerprint density at radius 2 is 1.70 bits per heavy atom. The van der Waals surface area contributed by atoms with Crippen LogP contribution in [-0.2, 0) is 10.0 Å². The first-order valence-corrected chi connectivity index (χ1v) is 12.4. The maximum absolute atomic E-state index is 12.8. The first kappa shape index (κ1) is 22.7. The summed E-state index contributed by atoms with van der Waals surface area (Å²) in [7, 11) is -3.82. The fraction of sp³-hybridized carbons (Fsp3) is 0.174. The van der Waals surface area contributed by atoms with Gasteiger partial charge in [-0.1, -0.05) is 6.07 Å². The number of aromatic nitrogens is 2. The molecule has 2 aromatic heterocycles. The Morgan fingerprint density at radius 3 is 2.36 bits per heavy atom. The third-order valence-corrected chi connectivity index (χ3v) is 8.01. The number of benzene rings is 2. The molecule has 0 aliphatic heterocycles. The summed E-state index contributed by atoms with van der Waals surface area (Å²) in [5.74, 6) is -0.561. The van der Waals surface area contributed by atoms with Crippen molar-refractivity contribution < 1.29 is 13.2 Å². The molecule has 0 radical (unpaired) electrons. The molecule has 4 rings (SSSR count). The Balaban J connectivity index is 1.54. The minimum absolute atomic E-state index is 0.0157. The summed E-state index contributed by atoms with van der Waals surface area (Å²) in [6.45, 7) is 7.60. The molecule has 1 amide bonds. The summed E-state index contributed by atoms with van der Waals surface area (Å²) in [5, 5.41) is 0.471. The van der Waals surface area contributed by atoms with Gasteiger partial charge in [-0.15, -0.1) is 11.3 Å². The van der Waals surface area contributed by atoms with Gasteiger partial charge in [0.15, 0.2) is 0 Å². The molecule has 2 aromatic carbocycles. The maximum Gasteiger partial charge on any atom is 0.281 e. The SMILES string of the molecule is Cc1ccc(NS(=O)(=O)c2ccc(C(=O)Nn3cnc4sc(C)c(C)c4c3=O)cc2)cc1C. The van der Waals surface area contributed by atoms with E-state index >= 15 is 0 Å². The van der Waals surface area contributed by atoms with Crippen LogP contribution in [0.25, 0.3) is 10.2 Å². The fourth-order valence-corrected chi connectivity index (χ4v) is 5.33. The molecule has 8 nitrogen and oxygen atoms in total. The van der Waals surface area contributed by atoms with Crippen molar-refractivity contribution in [3.8, 4) is 0 Å². The Labute approximate surface area is 194 Å². The van der Waals surface area contributed by atoms with Crippen LogP contribution in [0, 0.1) is 27.7 Å². The molecular formula is C23H22N4O4S2. The van der Waals surface area contributed by atoms with Gasteiger partial charge in [-0.05, 0) is 80.8 Å². The molecule has 2 heterocycles. The second-order valence-corrected chi connectivity index (χ2v) is 10.6. The predicted octanol–water partition coefficient (Wildman–Crippen LogP) is 3.88. The van der Waals surface area contributed by atoms with Gasteiger partial charge in [0.2, 0.25) is 0 Å². The first-order chi connectivity index (χ1) is 15.6. The predicted molar refractivity (Wildman–Crippen MR) is 130 cm³/mol. The van der Waals surface area contributed by atoms with Crippen molar-refractivity contribution in [2.75, 3.05) is 10.1 Å². The van der Waals surface area contributed by atoms with Crippen LogP contribution >= 0.6 is 11.3 Å². The summed E-state index contributed by atoms with van der Waals surface area (Å²) in [4.78, 5) is 31.3. The van der Waals surface area contributed by atoms with Gasteiger partial charge in [0.1, 0.15) is 11.2 Å². The number of thiophene rings is 1. The van der Waals surface area contributed by atoms with Crippen LogP contribution in [-0.4, -0.2) is 24.0 Å². The minimum atomic E-state index is -3.82. The molecule has 0 saturated carbocycles. The van der Waals surface area contributed by atoms with E-state index in [0.29, 0.717) is 15.9 Å². The summed E-state index contributed by atoms with van der Waals surface area (Å²) in [6, 6.07) is 10.8. The Bertz CT molecular complexity index is 1550. The number of carbonyl (C=O) groups excluding carboxylic acids is 1. The highest BCUT2D eigenvalue weighted by Crippen LogP contribution is 2.25. The molecule has 0 unspecified atom stereocenters. The van der Waals surface area contributed by atoms with Crippen LogP contribution in [0.3, 0.4) is 0 Å². The molecule has 33 heavy (non-hydrogen) atoms. The zero-order valence-corrected chi connectivity index (χ0v) is 20.1. The van der Waals surface area contributed by atoms with E-state index in [2.05, 4.69) is 15.1 Å². The van der Waals surface area contributed by atoms with E-state index in [1.54, 1.807) is 12.1 Å². The van der Waals surface area contributed by atoms with Gasteiger partial charge in [0.25, 0.3) is 21.5 Å². The second-order valence-electron chi connectivity index (χ2n) is 7.75. The van der Waals surface area contributed by atoms with Crippen molar-refractivity contribution in [3.63, 3.8) is 0 Å². The number of rotatable bonds is 5. The van der Waals surface area contributed by atoms with E-state index in [-0.39, 0.29) is 16.0 Å². The summed E-state index contributed by atoms with van der Waals surface area (Å²) >= 11 is 1.42. The van der Waals surface area contributed by atoms with Crippen molar-refractivity contribution in [2.24, 2.45) is 0 Å². The average molecular weight is 483 g/mol. The number of sulfonamides is 1. The van der Waals surface area contributed by atoms with Gasteiger partial charge in [-0.2, -0.15) is 0 Å². The zero-order chi connectivity index (χ0) is 23.9. The van der Waals surface area contributed by atoms with Gasteiger partial charge in [-0.3, -0.25) is 19.7 Å². The summed E-state index contributed by atoms with van der Waals surface area (Å²) in [6.07, 6.45) is 1.27. The van der Waals surface area contributed by atoms with E-state index in [4.69, 9.17) is 0 Å². The Hall–Kier alpha value is -3.50. The first-order valence-electron chi connectivity index (χ1n) is 10.1. The molecule has 10 heteroatoms. The normalized spacial score (nSPS) is 11.5. The number of nitrogens with one attached hydrogen (secondary N) is 2. The quantitative estimate of drug-likeness (QED) is 0.449. The molecule has 0 atom stereocenters. The summed E-state index contributed by atoms with van der Waals surface area (Å²) < 4.78 is 29.0. The van der Waals surface area contributed by atoms with Crippen molar-refractivity contribution >= 4 is 43.2 Å².